The van der Waals surface area contributed by atoms with Crippen molar-refractivity contribution in [3.05, 3.63) is 22.4 Å². The maximum atomic E-state index is 6.13. The minimum absolute atomic E-state index is 0.476. The van der Waals surface area contributed by atoms with Gasteiger partial charge in [-0.3, -0.25) is 0 Å². The van der Waals surface area contributed by atoms with Gasteiger partial charge in [-0.2, -0.15) is 0 Å². The molecule has 1 nitrogen and oxygen atoms in total. The fraction of sp³-hybridized carbons (Fsp3) is 0.545. The Balaban J connectivity index is 2.93. The van der Waals surface area contributed by atoms with E-state index in [1.54, 1.807) is 0 Å². The summed E-state index contributed by atoms with van der Waals surface area (Å²) in [5.74, 6) is 0. The molecule has 0 amide bonds. The summed E-state index contributed by atoms with van der Waals surface area (Å²) in [4.78, 5) is 4.11. The largest absolute Gasteiger partial charge is 0.225 e. The Morgan fingerprint density at radius 2 is 1.93 bits per heavy atom. The van der Waals surface area contributed by atoms with Crippen LogP contribution in [0.4, 0.5) is 0 Å². The highest BCUT2D eigenvalue weighted by Gasteiger charge is 2.25. The van der Waals surface area contributed by atoms with Gasteiger partial charge in [-0.25, -0.2) is 4.98 Å². The summed E-state index contributed by atoms with van der Waals surface area (Å²) in [5, 5.41) is 2.29. The molecule has 1 aromatic rings. The lowest BCUT2D eigenvalue weighted by atomic mass is 10.4. The second-order valence-corrected chi connectivity index (χ2v) is 10.0. The summed E-state index contributed by atoms with van der Waals surface area (Å²) >= 11 is 11.9. The van der Waals surface area contributed by atoms with Crippen molar-refractivity contribution in [2.24, 2.45) is 0 Å². The number of rotatable bonds is 4. The van der Waals surface area contributed by atoms with Gasteiger partial charge in [-0.1, -0.05) is 68.2 Å². The Hall–Kier alpha value is -0.0531. The van der Waals surface area contributed by atoms with Crippen LogP contribution in [0.5, 0.6) is 0 Å². The molecular weight excluding hydrogens is 245 g/mol. The summed E-state index contributed by atoms with van der Waals surface area (Å²) in [6.45, 7) is 6.88. The van der Waals surface area contributed by atoms with Gasteiger partial charge in [0.15, 0.2) is 0 Å². The molecule has 0 aliphatic heterocycles. The van der Waals surface area contributed by atoms with Gasteiger partial charge in [0, 0.05) is 0 Å². The van der Waals surface area contributed by atoms with Crippen molar-refractivity contribution < 1.29 is 0 Å². The van der Waals surface area contributed by atoms with Crippen molar-refractivity contribution >= 4 is 36.5 Å². The van der Waals surface area contributed by atoms with Crippen LogP contribution in [-0.2, 0) is 0 Å². The molecule has 0 unspecified atom stereocenters. The zero-order chi connectivity index (χ0) is 11.5. The molecule has 0 aromatic carbocycles. The Morgan fingerprint density at radius 3 is 2.47 bits per heavy atom. The normalized spacial score (nSPS) is 11.8. The number of unbranched alkanes of at least 4 members (excludes halogenated alkanes) is 1. The molecule has 0 saturated heterocycles. The van der Waals surface area contributed by atoms with Gasteiger partial charge in [0.1, 0.15) is 10.3 Å². The van der Waals surface area contributed by atoms with E-state index in [2.05, 4.69) is 25.0 Å². The number of pyridine rings is 1. The zero-order valence-electron chi connectivity index (χ0n) is 9.48. The summed E-state index contributed by atoms with van der Waals surface area (Å²) < 4.78 is 0. The molecule has 0 N–H and O–H groups in total. The van der Waals surface area contributed by atoms with Crippen molar-refractivity contribution in [1.29, 1.82) is 0 Å². The fourth-order valence-electron chi connectivity index (χ4n) is 1.67. The number of hydrogen-bond acceptors (Lipinski definition) is 1. The predicted octanol–water partition coefficient (Wildman–Crippen LogP) is 4.10. The van der Waals surface area contributed by atoms with Crippen molar-refractivity contribution in [2.45, 2.75) is 38.9 Å². The molecule has 4 heteroatoms. The first kappa shape index (κ1) is 13.0. The van der Waals surface area contributed by atoms with Crippen LogP contribution in [0, 0.1) is 0 Å². The molecule has 84 valence electrons. The Kier molecular flexibility index (Phi) is 4.62. The van der Waals surface area contributed by atoms with E-state index in [4.69, 9.17) is 23.2 Å². The van der Waals surface area contributed by atoms with E-state index in [1.807, 2.05) is 12.1 Å². The van der Waals surface area contributed by atoms with E-state index in [9.17, 15) is 0 Å². The van der Waals surface area contributed by atoms with Gasteiger partial charge in [0.05, 0.1) is 8.07 Å². The van der Waals surface area contributed by atoms with Crippen LogP contribution in [0.25, 0.3) is 0 Å². The van der Waals surface area contributed by atoms with E-state index in [0.29, 0.717) is 10.3 Å². The number of halogens is 2. The van der Waals surface area contributed by atoms with Crippen molar-refractivity contribution in [3.63, 3.8) is 0 Å². The fourth-order valence-corrected chi connectivity index (χ4v) is 5.44. The van der Waals surface area contributed by atoms with Gasteiger partial charge in [-0.15, -0.1) is 0 Å². The third-order valence-corrected chi connectivity index (χ3v) is 6.82. The summed E-state index contributed by atoms with van der Waals surface area (Å²) in [6.07, 6.45) is 2.49. The number of hydrogen-bond donors (Lipinski definition) is 0. The van der Waals surface area contributed by atoms with Crippen LogP contribution in [0.3, 0.4) is 0 Å². The second kappa shape index (κ2) is 5.33. The van der Waals surface area contributed by atoms with Crippen molar-refractivity contribution in [1.82, 2.24) is 4.98 Å². The van der Waals surface area contributed by atoms with Crippen molar-refractivity contribution in [3.8, 4) is 0 Å². The van der Waals surface area contributed by atoms with E-state index in [1.165, 1.54) is 24.1 Å². The molecule has 15 heavy (non-hydrogen) atoms. The molecule has 1 heterocycles. The number of nitrogens with zero attached hydrogens (tertiary/aromatic N) is 1. The highest BCUT2D eigenvalue weighted by Crippen LogP contribution is 2.19. The van der Waals surface area contributed by atoms with E-state index in [-0.39, 0.29) is 0 Å². The first-order chi connectivity index (χ1) is 6.97. The smallest absolute Gasteiger partial charge is 0.130 e. The Bertz CT molecular complexity index is 339. The maximum Gasteiger partial charge on any atom is 0.130 e. The van der Waals surface area contributed by atoms with Crippen LogP contribution in [0.1, 0.15) is 19.8 Å². The van der Waals surface area contributed by atoms with Crippen LogP contribution < -0.4 is 5.19 Å². The molecule has 0 atom stereocenters. The third kappa shape index (κ3) is 3.47. The third-order valence-electron chi connectivity index (χ3n) is 2.70. The van der Waals surface area contributed by atoms with Gasteiger partial charge >= 0.3 is 0 Å². The topological polar surface area (TPSA) is 12.9 Å². The lowest BCUT2D eigenvalue weighted by Crippen LogP contribution is -2.42. The molecule has 1 rings (SSSR count). The molecule has 0 spiro atoms. The molecule has 0 fully saturated rings. The molecule has 0 aliphatic rings. The Morgan fingerprint density at radius 1 is 1.27 bits per heavy atom. The van der Waals surface area contributed by atoms with Gasteiger partial charge < -0.3 is 0 Å². The number of aromatic nitrogens is 1. The first-order valence-corrected chi connectivity index (χ1v) is 9.26. The van der Waals surface area contributed by atoms with Crippen LogP contribution in [0.15, 0.2) is 12.1 Å². The van der Waals surface area contributed by atoms with Gasteiger partial charge in [0.25, 0.3) is 0 Å². The predicted molar refractivity (Wildman–Crippen MR) is 71.1 cm³/mol. The SMILES string of the molecule is CCCC[Si](C)(C)c1ccc(Cl)nc1Cl. The minimum atomic E-state index is -1.42. The van der Waals surface area contributed by atoms with E-state index in [0.717, 1.165) is 0 Å². The van der Waals surface area contributed by atoms with Gasteiger partial charge in [-0.05, 0) is 11.3 Å². The molecule has 0 saturated carbocycles. The molecule has 1 aromatic heterocycles. The molecule has 0 radical (unpaired) electrons. The summed E-state index contributed by atoms with van der Waals surface area (Å²) in [5.41, 5.74) is 0. The second-order valence-electron chi connectivity index (χ2n) is 4.46. The lowest BCUT2D eigenvalue weighted by Gasteiger charge is -2.23. The van der Waals surface area contributed by atoms with Crippen LogP contribution in [-0.4, -0.2) is 13.1 Å². The standard InChI is InChI=1S/C11H17Cl2NSi/c1-4-5-8-15(2,3)9-6-7-10(12)14-11(9)13/h6-7H,4-5,8H2,1-3H3. The summed E-state index contributed by atoms with van der Waals surface area (Å²) in [7, 11) is -1.42. The average molecular weight is 262 g/mol. The highest BCUT2D eigenvalue weighted by molar-refractivity contribution is 6.91. The first-order valence-electron chi connectivity index (χ1n) is 5.30. The summed E-state index contributed by atoms with van der Waals surface area (Å²) in [6, 6.07) is 5.13. The molecule has 0 aliphatic carbocycles. The van der Waals surface area contributed by atoms with Gasteiger partial charge in [0.2, 0.25) is 0 Å². The van der Waals surface area contributed by atoms with E-state index >= 15 is 0 Å². The Labute approximate surface area is 103 Å². The minimum Gasteiger partial charge on any atom is -0.225 e. The lowest BCUT2D eigenvalue weighted by molar-refractivity contribution is 0.870. The van der Waals surface area contributed by atoms with Crippen LogP contribution in [0.2, 0.25) is 29.4 Å². The average Bonchev–Trinajstić information content (AvgIpc) is 2.14. The zero-order valence-corrected chi connectivity index (χ0v) is 12.0. The highest BCUT2D eigenvalue weighted by atomic mass is 35.5. The van der Waals surface area contributed by atoms with E-state index < -0.39 is 8.07 Å². The maximum absolute atomic E-state index is 6.13. The quantitative estimate of drug-likeness (QED) is 0.588. The van der Waals surface area contributed by atoms with Crippen LogP contribution >= 0.6 is 23.2 Å². The monoisotopic (exact) mass is 261 g/mol. The molecular formula is C11H17Cl2NSi. The molecule has 0 bridgehead atoms. The van der Waals surface area contributed by atoms with Crippen molar-refractivity contribution in [2.75, 3.05) is 0 Å².